The molecule has 5 N–H and O–H groups in total. The van der Waals surface area contributed by atoms with Crippen molar-refractivity contribution in [3.63, 3.8) is 0 Å². The van der Waals surface area contributed by atoms with Crippen LogP contribution >= 0.6 is 0 Å². The van der Waals surface area contributed by atoms with Crippen LogP contribution in [0, 0.1) is 23.7 Å². The molecule has 11 heteroatoms. The number of benzene rings is 1. The molecule has 0 radical (unpaired) electrons. The van der Waals surface area contributed by atoms with E-state index in [1.165, 1.54) is 7.11 Å². The molecule has 55 heavy (non-hydrogen) atoms. The first-order chi connectivity index (χ1) is 26.3. The van der Waals surface area contributed by atoms with Gasteiger partial charge in [0, 0.05) is 49.4 Å². The SMILES string of the molecule is CCCCC[C@@](C)(O)/C=C/[C@H]1[C@H](O)CC(=O)[C@@H]1C/C=C\CCCC(=O)O.COC(=O)CCC=C=CC[C@H]1C(=O)C[C@@H](O)[C@@H]1/C=C/[C@@H](O)COc1ccccc1. The highest BCUT2D eigenvalue weighted by atomic mass is 16.5. The van der Waals surface area contributed by atoms with Crippen LogP contribution in [0.25, 0.3) is 0 Å². The summed E-state index contributed by atoms with van der Waals surface area (Å²) in [6.45, 7) is 3.97. The Balaban J connectivity index is 0.000000383. The van der Waals surface area contributed by atoms with Gasteiger partial charge in [-0.15, -0.1) is 5.73 Å². The molecule has 304 valence electrons. The maximum Gasteiger partial charge on any atom is 0.305 e. The van der Waals surface area contributed by atoms with E-state index in [0.717, 1.165) is 19.3 Å². The maximum atomic E-state index is 12.2. The van der Waals surface area contributed by atoms with Gasteiger partial charge in [-0.3, -0.25) is 19.2 Å². The number of carboxylic acids is 1. The lowest BCUT2D eigenvalue weighted by Crippen LogP contribution is -2.23. The number of aliphatic carboxylic acids is 1. The van der Waals surface area contributed by atoms with Crippen molar-refractivity contribution < 1.29 is 54.2 Å². The number of esters is 1. The molecule has 2 aliphatic carbocycles. The number of Topliss-reactive ketones (excluding diaryl/α,β-unsaturated/α-hetero) is 2. The monoisotopic (exact) mass is 766 g/mol. The highest BCUT2D eigenvalue weighted by Crippen LogP contribution is 2.35. The number of aliphatic hydroxyl groups is 4. The molecule has 0 amide bonds. The number of unbranched alkanes of at least 4 members (excludes halogenated alkanes) is 3. The molecule has 3 rings (SSSR count). The summed E-state index contributed by atoms with van der Waals surface area (Å²) >= 11 is 0. The van der Waals surface area contributed by atoms with Gasteiger partial charge in [-0.05, 0) is 69.7 Å². The fourth-order valence-corrected chi connectivity index (χ4v) is 6.59. The molecule has 1 aromatic rings. The Morgan fingerprint density at radius 3 is 2.20 bits per heavy atom. The zero-order valence-electron chi connectivity index (χ0n) is 32.6. The van der Waals surface area contributed by atoms with Crippen molar-refractivity contribution in [1.29, 1.82) is 0 Å². The van der Waals surface area contributed by atoms with E-state index < -0.39 is 29.9 Å². The van der Waals surface area contributed by atoms with Gasteiger partial charge in [0.2, 0.25) is 0 Å². The number of allylic oxidation sites excluding steroid dienone is 3. The van der Waals surface area contributed by atoms with Crippen molar-refractivity contribution in [3.8, 4) is 5.75 Å². The minimum atomic E-state index is -0.919. The Morgan fingerprint density at radius 2 is 1.56 bits per heavy atom. The van der Waals surface area contributed by atoms with E-state index in [2.05, 4.69) is 17.4 Å². The Kier molecular flexibility index (Phi) is 22.1. The first-order valence-electron chi connectivity index (χ1n) is 19.5. The second-order valence-corrected chi connectivity index (χ2v) is 14.5. The lowest BCUT2D eigenvalue weighted by molar-refractivity contribution is -0.140. The smallest absolute Gasteiger partial charge is 0.305 e. The third kappa shape index (κ3) is 18.9. The maximum absolute atomic E-state index is 12.2. The Morgan fingerprint density at radius 1 is 0.909 bits per heavy atom. The fraction of sp³-hybridized carbons (Fsp3) is 0.568. The van der Waals surface area contributed by atoms with Gasteiger partial charge >= 0.3 is 11.9 Å². The van der Waals surface area contributed by atoms with Gasteiger partial charge in [0.05, 0.1) is 24.9 Å². The molecule has 8 atom stereocenters. The van der Waals surface area contributed by atoms with Gasteiger partial charge in [0.15, 0.2) is 0 Å². The topological polar surface area (TPSA) is 188 Å². The van der Waals surface area contributed by atoms with Crippen molar-refractivity contribution in [3.05, 3.63) is 84.7 Å². The zero-order chi connectivity index (χ0) is 40.6. The minimum absolute atomic E-state index is 0.00483. The molecule has 0 unspecified atom stereocenters. The first kappa shape index (κ1) is 47.0. The van der Waals surface area contributed by atoms with Gasteiger partial charge < -0.3 is 35.0 Å². The van der Waals surface area contributed by atoms with E-state index in [-0.39, 0.29) is 73.5 Å². The zero-order valence-corrected chi connectivity index (χ0v) is 32.6. The number of rotatable bonds is 22. The molecular formula is C44H62O11. The van der Waals surface area contributed by atoms with Crippen molar-refractivity contribution in [2.75, 3.05) is 13.7 Å². The van der Waals surface area contributed by atoms with Crippen molar-refractivity contribution in [2.45, 2.75) is 121 Å². The number of carbonyl (C=O) groups excluding carboxylic acids is 3. The van der Waals surface area contributed by atoms with E-state index >= 15 is 0 Å². The second kappa shape index (κ2) is 25.9. The predicted molar refractivity (Wildman–Crippen MR) is 210 cm³/mol. The highest BCUT2D eigenvalue weighted by Gasteiger charge is 2.40. The molecule has 0 aromatic heterocycles. The first-order valence-corrected chi connectivity index (χ1v) is 19.5. The average Bonchev–Trinajstić information content (AvgIpc) is 3.58. The largest absolute Gasteiger partial charge is 0.491 e. The second-order valence-electron chi connectivity index (χ2n) is 14.5. The molecule has 11 nitrogen and oxygen atoms in total. The number of ketones is 2. The van der Waals surface area contributed by atoms with Crippen molar-refractivity contribution in [1.82, 2.24) is 0 Å². The van der Waals surface area contributed by atoms with Gasteiger partial charge in [0.25, 0.3) is 0 Å². The summed E-state index contributed by atoms with van der Waals surface area (Å²) in [5, 5.41) is 49.6. The number of hydrogen-bond donors (Lipinski definition) is 5. The molecule has 0 saturated heterocycles. The Hall–Kier alpha value is -4.12. The fourth-order valence-electron chi connectivity index (χ4n) is 6.59. The third-order valence-corrected chi connectivity index (χ3v) is 9.80. The number of methoxy groups -OCH3 is 1. The number of aliphatic hydroxyl groups excluding tert-OH is 3. The number of para-hydroxylation sites is 1. The quantitative estimate of drug-likeness (QED) is 0.0389. The van der Waals surface area contributed by atoms with Crippen LogP contribution in [0.2, 0.25) is 0 Å². The summed E-state index contributed by atoms with van der Waals surface area (Å²) in [5.41, 5.74) is 2.05. The van der Waals surface area contributed by atoms with Gasteiger partial charge in [0.1, 0.15) is 30.0 Å². The van der Waals surface area contributed by atoms with E-state index in [9.17, 15) is 39.6 Å². The summed E-state index contributed by atoms with van der Waals surface area (Å²) in [6.07, 6.45) is 19.0. The normalized spacial score (nSPS) is 24.0. The summed E-state index contributed by atoms with van der Waals surface area (Å²) in [4.78, 5) is 45.9. The van der Waals surface area contributed by atoms with E-state index in [1.54, 1.807) is 49.4 Å². The van der Waals surface area contributed by atoms with Gasteiger partial charge in [-0.2, -0.15) is 0 Å². The van der Waals surface area contributed by atoms with Gasteiger partial charge in [-0.1, -0.05) is 80.8 Å². The number of carbonyl (C=O) groups is 4. The lowest BCUT2D eigenvalue weighted by atomic mass is 9.88. The summed E-state index contributed by atoms with van der Waals surface area (Å²) in [5.74, 6) is -1.64. The minimum Gasteiger partial charge on any atom is -0.491 e. The van der Waals surface area contributed by atoms with Crippen molar-refractivity contribution >= 4 is 23.5 Å². The predicted octanol–water partition coefficient (Wildman–Crippen LogP) is 6.24. The molecule has 2 saturated carbocycles. The molecule has 1 aromatic carbocycles. The molecule has 0 spiro atoms. The summed E-state index contributed by atoms with van der Waals surface area (Å²) in [7, 11) is 1.34. The van der Waals surface area contributed by atoms with Crippen LogP contribution in [0.15, 0.2) is 84.7 Å². The van der Waals surface area contributed by atoms with E-state index in [1.807, 2.05) is 36.4 Å². The summed E-state index contributed by atoms with van der Waals surface area (Å²) < 4.78 is 10.1. The van der Waals surface area contributed by atoms with Crippen LogP contribution < -0.4 is 4.74 Å². The average molecular weight is 767 g/mol. The molecule has 0 heterocycles. The van der Waals surface area contributed by atoms with E-state index in [4.69, 9.17) is 9.84 Å². The number of hydrogen-bond acceptors (Lipinski definition) is 10. The molecular weight excluding hydrogens is 704 g/mol. The highest BCUT2D eigenvalue weighted by molar-refractivity contribution is 5.85. The van der Waals surface area contributed by atoms with Crippen LogP contribution in [0.4, 0.5) is 0 Å². The van der Waals surface area contributed by atoms with Crippen molar-refractivity contribution in [2.24, 2.45) is 23.7 Å². The standard InChI is InChI=1S/C23H28O6.C21H34O5/c1-28-23(27)12-8-3-2-7-11-19-20(22(26)15-21(19)25)14-13-17(24)16-29-18-9-5-4-6-10-18;1-3-4-9-13-21(2,26)14-12-17-16(18(22)15-19(17)23)10-7-5-6-8-11-20(24)25/h3-7,9-10,13-14,17,19-20,22,24,26H,8,11-12,15-16H2,1H3;5,7,12,14,16-17,19,23,26H,3-4,6,8-11,13,15H2,1-2H3,(H,24,25)/b14-13+;7-5-,14-12+/t2?,17-,19-,20-,22-;16-,17-,19-,21-/m11/s1. The molecule has 2 aliphatic rings. The molecule has 0 bridgehead atoms. The molecule has 0 aliphatic heterocycles. The van der Waals surface area contributed by atoms with E-state index in [0.29, 0.717) is 44.3 Å². The van der Waals surface area contributed by atoms with Crippen LogP contribution in [-0.4, -0.2) is 86.7 Å². The number of carboxylic acid groups (broad SMARTS) is 1. The summed E-state index contributed by atoms with van der Waals surface area (Å²) in [6, 6.07) is 9.18. The Labute approximate surface area is 326 Å². The lowest BCUT2D eigenvalue weighted by Gasteiger charge is -2.21. The molecule has 2 fully saturated rings. The van der Waals surface area contributed by atoms with Crippen LogP contribution in [0.3, 0.4) is 0 Å². The van der Waals surface area contributed by atoms with Crippen LogP contribution in [-0.2, 0) is 23.9 Å². The third-order valence-electron chi connectivity index (χ3n) is 9.80. The van der Waals surface area contributed by atoms with Gasteiger partial charge in [-0.25, -0.2) is 0 Å². The number of ether oxygens (including phenoxy) is 2. The Bertz CT molecular complexity index is 1470. The van der Waals surface area contributed by atoms with Crippen LogP contribution in [0.1, 0.15) is 97.3 Å². The van der Waals surface area contributed by atoms with Crippen LogP contribution in [0.5, 0.6) is 5.75 Å².